The third-order valence-electron chi connectivity index (χ3n) is 1.00. The molecule has 1 nitrogen and oxygen atoms in total. The molecule has 0 amide bonds. The van der Waals surface area contributed by atoms with Crippen molar-refractivity contribution in [3.63, 3.8) is 0 Å². The van der Waals surface area contributed by atoms with E-state index < -0.39 is 0 Å². The summed E-state index contributed by atoms with van der Waals surface area (Å²) in [6.07, 6.45) is 2.14. The summed E-state index contributed by atoms with van der Waals surface area (Å²) in [5, 5.41) is 1.19. The van der Waals surface area contributed by atoms with Crippen LogP contribution < -0.4 is 0 Å². The Balaban J connectivity index is 2.69. The lowest BCUT2D eigenvalue weighted by molar-refractivity contribution is 1.28. The van der Waals surface area contributed by atoms with Gasteiger partial charge in [0.25, 0.3) is 0 Å². The van der Waals surface area contributed by atoms with E-state index in [2.05, 4.69) is 11.1 Å². The van der Waals surface area contributed by atoms with Crippen molar-refractivity contribution in [2.24, 2.45) is 4.99 Å². The molecule has 8 heavy (non-hydrogen) atoms. The number of nitrogens with zero attached hydrogens (tertiary/aromatic N) is 1. The van der Waals surface area contributed by atoms with Gasteiger partial charge in [-0.2, -0.15) is 0 Å². The largest absolute Gasteiger partial charge is 0.252 e. The fraction of sp³-hybridized carbons (Fsp3) is 0.500. The molecule has 44 valence electrons. The van der Waals surface area contributed by atoms with Gasteiger partial charge in [-0.05, 0) is 13.8 Å². The minimum atomic E-state index is 1.10. The van der Waals surface area contributed by atoms with Crippen LogP contribution in [0.4, 0.5) is 0 Å². The van der Waals surface area contributed by atoms with Gasteiger partial charge in [0.15, 0.2) is 0 Å². The van der Waals surface area contributed by atoms with Crippen molar-refractivity contribution < 1.29 is 0 Å². The zero-order valence-electron chi connectivity index (χ0n) is 5.14. The second kappa shape index (κ2) is 2.35. The quantitative estimate of drug-likeness (QED) is 0.485. The van der Waals surface area contributed by atoms with Crippen molar-refractivity contribution >= 4 is 16.8 Å². The van der Waals surface area contributed by atoms with E-state index in [1.165, 1.54) is 5.04 Å². The van der Waals surface area contributed by atoms with Gasteiger partial charge in [-0.15, -0.1) is 11.8 Å². The summed E-state index contributed by atoms with van der Waals surface area (Å²) in [6, 6.07) is 0. The summed E-state index contributed by atoms with van der Waals surface area (Å²) < 4.78 is 0. The Morgan fingerprint density at radius 3 is 2.75 bits per heavy atom. The van der Waals surface area contributed by atoms with Gasteiger partial charge in [0.05, 0.1) is 5.04 Å². The van der Waals surface area contributed by atoms with E-state index in [0.717, 1.165) is 11.4 Å². The van der Waals surface area contributed by atoms with Gasteiger partial charge >= 0.3 is 0 Å². The second-order valence-corrected chi connectivity index (χ2v) is 3.00. The highest BCUT2D eigenvalue weighted by Crippen LogP contribution is 2.13. The number of thioether (sulfide) groups is 1. The first kappa shape index (κ1) is 5.89. The van der Waals surface area contributed by atoms with Crippen LogP contribution in [-0.4, -0.2) is 10.8 Å². The Kier molecular flexibility index (Phi) is 1.73. The van der Waals surface area contributed by atoms with Crippen molar-refractivity contribution in [1.29, 1.82) is 0 Å². The third kappa shape index (κ3) is 1.37. The molecule has 0 radical (unpaired) electrons. The van der Waals surface area contributed by atoms with Crippen LogP contribution in [0.25, 0.3) is 0 Å². The van der Waals surface area contributed by atoms with E-state index in [0.29, 0.717) is 0 Å². The molecule has 0 aromatic heterocycles. The number of rotatable bonds is 0. The summed E-state index contributed by atoms with van der Waals surface area (Å²) in [6.45, 7) is 4.07. The second-order valence-electron chi connectivity index (χ2n) is 1.79. The van der Waals surface area contributed by atoms with Crippen molar-refractivity contribution in [3.05, 3.63) is 11.8 Å². The normalized spacial score (nSPS) is 19.8. The van der Waals surface area contributed by atoms with Gasteiger partial charge in [0.1, 0.15) is 0 Å². The fourth-order valence-corrected chi connectivity index (χ4v) is 1.38. The van der Waals surface area contributed by atoms with E-state index >= 15 is 0 Å². The predicted octanol–water partition coefficient (Wildman–Crippen LogP) is 2.06. The maximum Gasteiger partial charge on any atom is 0.0706 e. The van der Waals surface area contributed by atoms with Crippen LogP contribution in [0.15, 0.2) is 16.8 Å². The van der Waals surface area contributed by atoms with Crippen LogP contribution in [-0.2, 0) is 0 Å². The molecule has 1 heterocycles. The van der Waals surface area contributed by atoms with Crippen molar-refractivity contribution in [2.45, 2.75) is 13.8 Å². The molecule has 0 aliphatic carbocycles. The molecular weight excluding hydrogens is 118 g/mol. The average molecular weight is 127 g/mol. The zero-order valence-corrected chi connectivity index (χ0v) is 5.96. The number of aliphatic imine (C=N–C) groups is 1. The molecular formula is C6H9NS. The lowest BCUT2D eigenvalue weighted by Gasteiger charge is -2.03. The first-order valence-corrected chi connectivity index (χ1v) is 3.62. The van der Waals surface area contributed by atoms with Gasteiger partial charge in [-0.25, -0.2) is 0 Å². The van der Waals surface area contributed by atoms with Gasteiger partial charge in [-0.1, -0.05) is 6.08 Å². The van der Waals surface area contributed by atoms with E-state index in [9.17, 15) is 0 Å². The molecule has 0 unspecified atom stereocenters. The van der Waals surface area contributed by atoms with E-state index in [4.69, 9.17) is 0 Å². The highest BCUT2D eigenvalue weighted by atomic mass is 32.2. The van der Waals surface area contributed by atoms with Gasteiger partial charge in [0.2, 0.25) is 0 Å². The van der Waals surface area contributed by atoms with Crippen LogP contribution in [0.3, 0.4) is 0 Å². The van der Waals surface area contributed by atoms with E-state index in [1.807, 2.05) is 13.8 Å². The Bertz CT molecular complexity index is 147. The number of hydrogen-bond acceptors (Lipinski definition) is 2. The summed E-state index contributed by atoms with van der Waals surface area (Å²) in [4.78, 5) is 4.22. The maximum absolute atomic E-state index is 4.22. The minimum absolute atomic E-state index is 1.10. The molecule has 0 atom stereocenters. The van der Waals surface area contributed by atoms with Crippen molar-refractivity contribution in [1.82, 2.24) is 0 Å². The highest BCUT2D eigenvalue weighted by molar-refractivity contribution is 8.14. The summed E-state index contributed by atoms with van der Waals surface area (Å²) >= 11 is 1.80. The molecule has 0 spiro atoms. The zero-order chi connectivity index (χ0) is 5.98. The van der Waals surface area contributed by atoms with Gasteiger partial charge < -0.3 is 0 Å². The summed E-state index contributed by atoms with van der Waals surface area (Å²) in [7, 11) is 0. The van der Waals surface area contributed by atoms with Gasteiger partial charge in [-0.3, -0.25) is 4.99 Å². The highest BCUT2D eigenvalue weighted by Gasteiger charge is 1.96. The lowest BCUT2D eigenvalue weighted by Crippen LogP contribution is -1.91. The summed E-state index contributed by atoms with van der Waals surface area (Å²) in [5.41, 5.74) is 1.15. The number of allylic oxidation sites excluding steroid dienone is 1. The van der Waals surface area contributed by atoms with E-state index in [1.54, 1.807) is 11.8 Å². The van der Waals surface area contributed by atoms with Crippen LogP contribution in [0.1, 0.15) is 13.8 Å². The Hall–Kier alpha value is -0.240. The number of hydrogen-bond donors (Lipinski definition) is 0. The smallest absolute Gasteiger partial charge is 0.0706 e. The molecule has 1 rings (SSSR count). The standard InChI is InChI=1S/C6H9NS/c1-5-3-4-8-6(2)7-5/h3H,4H2,1-2H3. The predicted molar refractivity (Wildman–Crippen MR) is 39.3 cm³/mol. The molecule has 0 bridgehead atoms. The molecule has 0 aromatic rings. The lowest BCUT2D eigenvalue weighted by atomic mass is 10.5. The molecule has 0 saturated heterocycles. The monoisotopic (exact) mass is 127 g/mol. The molecule has 0 fully saturated rings. The molecule has 0 N–H and O–H groups in total. The molecule has 0 saturated carbocycles. The first-order valence-electron chi connectivity index (χ1n) is 2.64. The SMILES string of the molecule is CC1=CCSC(C)=N1. The minimum Gasteiger partial charge on any atom is -0.252 e. The van der Waals surface area contributed by atoms with Crippen LogP contribution in [0.2, 0.25) is 0 Å². The summed E-state index contributed by atoms with van der Waals surface area (Å²) in [5.74, 6) is 1.10. The molecule has 1 aliphatic rings. The Morgan fingerprint density at radius 1 is 1.62 bits per heavy atom. The van der Waals surface area contributed by atoms with Crippen LogP contribution in [0, 0.1) is 0 Å². The van der Waals surface area contributed by atoms with Crippen molar-refractivity contribution in [2.75, 3.05) is 5.75 Å². The molecule has 1 aliphatic heterocycles. The Morgan fingerprint density at radius 2 is 2.38 bits per heavy atom. The molecule has 2 heteroatoms. The third-order valence-corrected chi connectivity index (χ3v) is 1.85. The topological polar surface area (TPSA) is 12.4 Å². The van der Waals surface area contributed by atoms with Gasteiger partial charge in [0, 0.05) is 11.4 Å². The van der Waals surface area contributed by atoms with Crippen LogP contribution in [0.5, 0.6) is 0 Å². The average Bonchev–Trinajstić information content (AvgIpc) is 1.64. The van der Waals surface area contributed by atoms with Crippen LogP contribution >= 0.6 is 11.8 Å². The fourth-order valence-electron chi connectivity index (χ4n) is 0.609. The first-order chi connectivity index (χ1) is 3.79. The Labute approximate surface area is 53.9 Å². The van der Waals surface area contributed by atoms with E-state index in [-0.39, 0.29) is 0 Å². The van der Waals surface area contributed by atoms with Crippen molar-refractivity contribution in [3.8, 4) is 0 Å². The maximum atomic E-state index is 4.22. The molecule has 0 aromatic carbocycles.